The van der Waals surface area contributed by atoms with E-state index in [-0.39, 0.29) is 5.75 Å². The zero-order chi connectivity index (χ0) is 19.8. The molecule has 3 rings (SSSR count). The highest BCUT2D eigenvalue weighted by molar-refractivity contribution is 5.29. The second-order valence-electron chi connectivity index (χ2n) is 8.98. The van der Waals surface area contributed by atoms with Crippen LogP contribution < -0.4 is 4.74 Å². The first-order valence-electron chi connectivity index (χ1n) is 11.4. The fourth-order valence-electron chi connectivity index (χ4n) is 5.24. The molecular formula is C24H35F3O. The van der Waals surface area contributed by atoms with E-state index in [0.29, 0.717) is 5.92 Å². The Balaban J connectivity index is 1.28. The highest BCUT2D eigenvalue weighted by Crippen LogP contribution is 2.38. The van der Waals surface area contributed by atoms with Gasteiger partial charge in [-0.3, -0.25) is 0 Å². The minimum Gasteiger partial charge on any atom is -0.406 e. The van der Waals surface area contributed by atoms with E-state index in [1.165, 1.54) is 89.2 Å². The summed E-state index contributed by atoms with van der Waals surface area (Å²) in [6.45, 7) is 0. The van der Waals surface area contributed by atoms with Gasteiger partial charge in [-0.2, -0.15) is 0 Å². The Bertz CT molecular complexity index is 552. The number of halogens is 3. The van der Waals surface area contributed by atoms with E-state index >= 15 is 0 Å². The lowest BCUT2D eigenvalue weighted by molar-refractivity contribution is -0.274. The summed E-state index contributed by atoms with van der Waals surface area (Å²) in [6.07, 6.45) is 14.5. The van der Waals surface area contributed by atoms with E-state index in [2.05, 4.69) is 4.74 Å². The summed E-state index contributed by atoms with van der Waals surface area (Å²) >= 11 is 0. The molecule has 1 aromatic rings. The molecule has 0 bridgehead atoms. The fourth-order valence-corrected chi connectivity index (χ4v) is 5.24. The maximum atomic E-state index is 12.3. The van der Waals surface area contributed by atoms with Gasteiger partial charge in [0.15, 0.2) is 0 Å². The molecule has 0 radical (unpaired) electrons. The van der Waals surface area contributed by atoms with Gasteiger partial charge in [0, 0.05) is 0 Å². The van der Waals surface area contributed by atoms with Crippen molar-refractivity contribution in [3.63, 3.8) is 0 Å². The van der Waals surface area contributed by atoms with E-state index in [4.69, 9.17) is 0 Å². The Kier molecular flexibility index (Phi) is 8.11. The molecule has 1 nitrogen and oxygen atoms in total. The van der Waals surface area contributed by atoms with Crippen molar-refractivity contribution in [1.29, 1.82) is 0 Å². The van der Waals surface area contributed by atoms with Crippen LogP contribution >= 0.6 is 0 Å². The van der Waals surface area contributed by atoms with E-state index in [1.54, 1.807) is 12.1 Å². The third-order valence-electron chi connectivity index (χ3n) is 6.88. The molecule has 2 aliphatic carbocycles. The highest BCUT2D eigenvalue weighted by Gasteiger charge is 2.31. The van der Waals surface area contributed by atoms with Gasteiger partial charge in [0.05, 0.1) is 0 Å². The number of ether oxygens (including phenoxy) is 1. The quantitative estimate of drug-likeness (QED) is 0.381. The van der Waals surface area contributed by atoms with Gasteiger partial charge < -0.3 is 4.74 Å². The topological polar surface area (TPSA) is 9.23 Å². The molecule has 2 fully saturated rings. The van der Waals surface area contributed by atoms with Crippen molar-refractivity contribution >= 4 is 0 Å². The van der Waals surface area contributed by atoms with E-state index in [9.17, 15) is 13.2 Å². The zero-order valence-corrected chi connectivity index (χ0v) is 17.0. The van der Waals surface area contributed by atoms with Gasteiger partial charge in [-0.1, -0.05) is 76.3 Å². The van der Waals surface area contributed by atoms with Crippen LogP contribution in [0.15, 0.2) is 24.3 Å². The lowest BCUT2D eigenvalue weighted by Gasteiger charge is -2.29. The van der Waals surface area contributed by atoms with Gasteiger partial charge in [-0.25, -0.2) is 0 Å². The van der Waals surface area contributed by atoms with Crippen LogP contribution in [0.4, 0.5) is 13.2 Å². The van der Waals surface area contributed by atoms with Crippen LogP contribution in [0, 0.1) is 11.8 Å². The number of hydrogen-bond acceptors (Lipinski definition) is 1. The summed E-state index contributed by atoms with van der Waals surface area (Å²) in [6, 6.07) is 6.49. The molecule has 0 atom stereocenters. The molecule has 28 heavy (non-hydrogen) atoms. The predicted octanol–water partition coefficient (Wildman–Crippen LogP) is 8.39. The van der Waals surface area contributed by atoms with Crippen molar-refractivity contribution < 1.29 is 17.9 Å². The van der Waals surface area contributed by atoms with Gasteiger partial charge in [0.1, 0.15) is 5.75 Å². The molecule has 0 aromatic heterocycles. The van der Waals surface area contributed by atoms with Crippen LogP contribution in [0.5, 0.6) is 5.75 Å². The second kappa shape index (κ2) is 10.5. The predicted molar refractivity (Wildman–Crippen MR) is 107 cm³/mol. The maximum absolute atomic E-state index is 12.3. The minimum atomic E-state index is -4.62. The monoisotopic (exact) mass is 396 g/mol. The molecule has 4 heteroatoms. The van der Waals surface area contributed by atoms with Gasteiger partial charge in [-0.05, 0) is 61.1 Å². The fraction of sp³-hybridized carbons (Fsp3) is 0.750. The molecule has 0 saturated heterocycles. The summed E-state index contributed by atoms with van der Waals surface area (Å²) in [5.41, 5.74) is 1.15. The molecule has 2 aliphatic rings. The number of unbranched alkanes of at least 4 members (excludes halogenated alkanes) is 3. The van der Waals surface area contributed by atoms with Crippen molar-refractivity contribution in [3.05, 3.63) is 29.8 Å². The molecule has 0 heterocycles. The van der Waals surface area contributed by atoms with Gasteiger partial charge in [-0.15, -0.1) is 13.2 Å². The lowest BCUT2D eigenvalue weighted by Crippen LogP contribution is -2.17. The first kappa shape index (κ1) is 21.5. The average molecular weight is 397 g/mol. The van der Waals surface area contributed by atoms with Crippen LogP contribution in [-0.4, -0.2) is 6.36 Å². The summed E-state index contributed by atoms with van der Waals surface area (Å²) in [5, 5.41) is 0. The first-order valence-corrected chi connectivity index (χ1v) is 11.4. The van der Waals surface area contributed by atoms with Crippen LogP contribution in [0.3, 0.4) is 0 Å². The standard InChI is InChI=1S/C24H35F3O/c25-24(26,27)28-23-17-15-22(16-18-23)21-13-11-20(12-14-21)8-4-2-1-3-7-19-9-5-6-10-19/h15-21H,1-14H2/t20-,21-. The maximum Gasteiger partial charge on any atom is 0.573 e. The van der Waals surface area contributed by atoms with Gasteiger partial charge >= 0.3 is 6.36 Å². The third kappa shape index (κ3) is 7.33. The van der Waals surface area contributed by atoms with Crippen molar-refractivity contribution in [2.45, 2.75) is 102 Å². The Morgan fingerprint density at radius 2 is 1.25 bits per heavy atom. The minimum absolute atomic E-state index is 0.127. The normalized spacial score (nSPS) is 23.8. The summed E-state index contributed by atoms with van der Waals surface area (Å²) in [5.74, 6) is 2.24. The summed E-state index contributed by atoms with van der Waals surface area (Å²) < 4.78 is 40.7. The summed E-state index contributed by atoms with van der Waals surface area (Å²) in [7, 11) is 0. The first-order chi connectivity index (χ1) is 13.5. The van der Waals surface area contributed by atoms with Crippen LogP contribution in [0.2, 0.25) is 0 Å². The molecular weight excluding hydrogens is 361 g/mol. The Labute approximate surface area is 168 Å². The Morgan fingerprint density at radius 1 is 0.714 bits per heavy atom. The van der Waals surface area contributed by atoms with Gasteiger partial charge in [0.2, 0.25) is 0 Å². The Morgan fingerprint density at radius 3 is 1.79 bits per heavy atom. The Hall–Kier alpha value is -1.19. The number of hydrogen-bond donors (Lipinski definition) is 0. The molecule has 0 aliphatic heterocycles. The molecule has 0 amide bonds. The SMILES string of the molecule is FC(F)(F)Oc1ccc([C@H]2CC[C@H](CCCCCCC3CCCC3)CC2)cc1. The van der Waals surface area contributed by atoms with Crippen LogP contribution in [0.1, 0.15) is 101 Å². The average Bonchev–Trinajstić information content (AvgIpc) is 3.18. The van der Waals surface area contributed by atoms with Crippen molar-refractivity contribution in [2.24, 2.45) is 11.8 Å². The van der Waals surface area contributed by atoms with E-state index in [0.717, 1.165) is 30.2 Å². The molecule has 1 aromatic carbocycles. The van der Waals surface area contributed by atoms with Crippen molar-refractivity contribution in [1.82, 2.24) is 0 Å². The number of rotatable bonds is 9. The molecule has 2 saturated carbocycles. The summed E-state index contributed by atoms with van der Waals surface area (Å²) in [4.78, 5) is 0. The number of benzene rings is 1. The highest BCUT2D eigenvalue weighted by atomic mass is 19.4. The molecule has 158 valence electrons. The van der Waals surface area contributed by atoms with Crippen molar-refractivity contribution in [3.8, 4) is 5.75 Å². The van der Waals surface area contributed by atoms with Crippen molar-refractivity contribution in [2.75, 3.05) is 0 Å². The molecule has 0 N–H and O–H groups in total. The van der Waals surface area contributed by atoms with E-state index in [1.807, 2.05) is 0 Å². The number of alkyl halides is 3. The zero-order valence-electron chi connectivity index (χ0n) is 17.0. The van der Waals surface area contributed by atoms with Crippen LogP contribution in [-0.2, 0) is 0 Å². The van der Waals surface area contributed by atoms with E-state index < -0.39 is 6.36 Å². The van der Waals surface area contributed by atoms with Crippen LogP contribution in [0.25, 0.3) is 0 Å². The second-order valence-corrected chi connectivity index (χ2v) is 8.98. The molecule has 0 spiro atoms. The van der Waals surface area contributed by atoms with Gasteiger partial charge in [0.25, 0.3) is 0 Å². The molecule has 0 unspecified atom stereocenters. The lowest BCUT2D eigenvalue weighted by atomic mass is 9.77. The largest absolute Gasteiger partial charge is 0.573 e. The third-order valence-corrected chi connectivity index (χ3v) is 6.88. The smallest absolute Gasteiger partial charge is 0.406 e.